The second kappa shape index (κ2) is 17.7. The van der Waals surface area contributed by atoms with Gasteiger partial charge < -0.3 is 9.64 Å². The fraction of sp³-hybridized carbons (Fsp3) is 0.414. The average molecular weight is 649 g/mol. The molecule has 1 aliphatic rings. The van der Waals surface area contributed by atoms with E-state index in [4.69, 9.17) is 16.3 Å². The van der Waals surface area contributed by atoms with Crippen molar-refractivity contribution < 1.29 is 13.9 Å². The zero-order chi connectivity index (χ0) is 27.1. The number of pyridine rings is 2. The van der Waals surface area contributed by atoms with E-state index in [0.717, 1.165) is 50.5 Å². The zero-order valence-corrected chi connectivity index (χ0v) is 26.7. The summed E-state index contributed by atoms with van der Waals surface area (Å²) in [6, 6.07) is 12.5. The van der Waals surface area contributed by atoms with E-state index in [0.29, 0.717) is 35.1 Å². The highest BCUT2D eigenvalue weighted by Crippen LogP contribution is 2.23. The number of benzene rings is 1. The predicted octanol–water partition coefficient (Wildman–Crippen LogP) is 6.44. The van der Waals surface area contributed by atoms with Crippen LogP contribution in [0.25, 0.3) is 0 Å². The van der Waals surface area contributed by atoms with Crippen molar-refractivity contribution in [1.29, 1.82) is 0 Å². The highest BCUT2D eigenvalue weighted by Gasteiger charge is 2.24. The molecule has 0 saturated carbocycles. The molecular weight excluding hydrogens is 611 g/mol. The molecule has 12 heteroatoms. The molecule has 0 bridgehead atoms. The van der Waals surface area contributed by atoms with Gasteiger partial charge >= 0.3 is 5.97 Å². The fourth-order valence-electron chi connectivity index (χ4n) is 4.52. The Kier molecular flexibility index (Phi) is 15.9. The fourth-order valence-corrected chi connectivity index (χ4v) is 4.74. The van der Waals surface area contributed by atoms with Crippen LogP contribution in [0.4, 0.5) is 10.2 Å². The van der Waals surface area contributed by atoms with Crippen LogP contribution in [0.15, 0.2) is 54.9 Å². The van der Waals surface area contributed by atoms with E-state index < -0.39 is 0 Å². The van der Waals surface area contributed by atoms with Crippen LogP contribution in [0, 0.1) is 5.82 Å². The summed E-state index contributed by atoms with van der Waals surface area (Å²) in [5.41, 5.74) is 3.10. The van der Waals surface area contributed by atoms with Crippen molar-refractivity contribution >= 4 is 60.6 Å². The Morgan fingerprint density at radius 3 is 2.37 bits per heavy atom. The summed E-state index contributed by atoms with van der Waals surface area (Å²) in [7, 11) is 0. The van der Waals surface area contributed by atoms with Crippen molar-refractivity contribution in [2.24, 2.45) is 0 Å². The maximum absolute atomic E-state index is 14.2. The van der Waals surface area contributed by atoms with Crippen molar-refractivity contribution in [2.45, 2.75) is 46.5 Å². The van der Waals surface area contributed by atoms with Gasteiger partial charge in [0, 0.05) is 68.8 Å². The second-order valence-corrected chi connectivity index (χ2v) is 10.2. The molecule has 0 radical (unpaired) electrons. The molecule has 2 aromatic heterocycles. The highest BCUT2D eigenvalue weighted by molar-refractivity contribution is 6.31. The summed E-state index contributed by atoms with van der Waals surface area (Å²) in [5, 5.41) is 0.446. The van der Waals surface area contributed by atoms with Gasteiger partial charge in [0.25, 0.3) is 0 Å². The summed E-state index contributed by atoms with van der Waals surface area (Å²) in [6.07, 6.45) is 3.46. The molecule has 7 nitrogen and oxygen atoms in total. The Balaban J connectivity index is 0.00000280. The number of carbonyl (C=O) groups excluding carboxylic acids is 1. The minimum atomic E-state index is -0.338. The zero-order valence-electron chi connectivity index (χ0n) is 23.5. The van der Waals surface area contributed by atoms with Crippen LogP contribution in [-0.4, -0.2) is 64.6 Å². The largest absolute Gasteiger partial charge is 0.459 e. The number of aromatic nitrogens is 2. The third kappa shape index (κ3) is 10.2. The Morgan fingerprint density at radius 2 is 1.76 bits per heavy atom. The lowest BCUT2D eigenvalue weighted by Crippen LogP contribution is -2.46. The lowest BCUT2D eigenvalue weighted by atomic mass is 10.1. The Morgan fingerprint density at radius 1 is 1.02 bits per heavy atom. The quantitative estimate of drug-likeness (QED) is 0.234. The van der Waals surface area contributed by atoms with Crippen molar-refractivity contribution in [2.75, 3.05) is 37.6 Å². The summed E-state index contributed by atoms with van der Waals surface area (Å²) in [5.74, 6) is 0.0606. The molecule has 0 aliphatic carbocycles. The third-order valence-electron chi connectivity index (χ3n) is 6.59. The molecule has 3 aromatic rings. The van der Waals surface area contributed by atoms with Gasteiger partial charge in [-0.05, 0) is 56.3 Å². The first-order valence-electron chi connectivity index (χ1n) is 13.1. The first-order valence-corrected chi connectivity index (χ1v) is 13.4. The Labute approximate surface area is 265 Å². The van der Waals surface area contributed by atoms with Gasteiger partial charge in [-0.2, -0.15) is 0 Å². The Bertz CT molecular complexity index is 1210. The molecule has 1 fully saturated rings. The van der Waals surface area contributed by atoms with Crippen LogP contribution in [0.3, 0.4) is 0 Å². The van der Waals surface area contributed by atoms with Gasteiger partial charge in [-0.1, -0.05) is 30.7 Å². The molecule has 0 spiro atoms. The lowest BCUT2D eigenvalue weighted by Gasteiger charge is -2.36. The maximum Gasteiger partial charge on any atom is 0.342 e. The van der Waals surface area contributed by atoms with Crippen LogP contribution in [-0.2, 0) is 24.4 Å². The molecule has 0 N–H and O–H groups in total. The minimum absolute atomic E-state index is 0. The van der Waals surface area contributed by atoms with E-state index in [1.165, 1.54) is 6.07 Å². The van der Waals surface area contributed by atoms with E-state index >= 15 is 0 Å². The van der Waals surface area contributed by atoms with E-state index in [2.05, 4.69) is 30.7 Å². The van der Waals surface area contributed by atoms with E-state index in [9.17, 15) is 9.18 Å². The predicted molar refractivity (Wildman–Crippen MR) is 169 cm³/mol. The summed E-state index contributed by atoms with van der Waals surface area (Å²) < 4.78 is 19.6. The minimum Gasteiger partial charge on any atom is -0.459 e. The number of nitrogens with zero attached hydrogens (tertiary/aromatic N) is 5. The molecule has 1 aliphatic heterocycles. The van der Waals surface area contributed by atoms with Crippen LogP contribution in [0.1, 0.15) is 48.0 Å². The molecule has 0 atom stereocenters. The molecular formula is C29H38Cl4FN5O2. The number of carbonyl (C=O) groups is 1. The SMILES string of the molecule is CCN(Cc1ccc(CN2CCN(c3ncccc3C(=O)OC(C)C)CC2)cn1)Cc1c(F)cccc1Cl.Cl.Cl.Cl. The molecule has 3 heterocycles. The second-order valence-electron chi connectivity index (χ2n) is 9.75. The molecule has 41 heavy (non-hydrogen) atoms. The average Bonchev–Trinajstić information content (AvgIpc) is 2.91. The van der Waals surface area contributed by atoms with Crippen LogP contribution in [0.2, 0.25) is 5.02 Å². The Hall–Kier alpha value is -2.20. The first kappa shape index (κ1) is 36.8. The topological polar surface area (TPSA) is 61.8 Å². The number of hydrogen-bond donors (Lipinski definition) is 0. The number of piperazine rings is 1. The van der Waals surface area contributed by atoms with Gasteiger partial charge in [-0.3, -0.25) is 14.8 Å². The number of hydrogen-bond acceptors (Lipinski definition) is 7. The number of rotatable bonds is 10. The van der Waals surface area contributed by atoms with Gasteiger partial charge in [-0.25, -0.2) is 14.2 Å². The number of ether oxygens (including phenoxy) is 1. The van der Waals surface area contributed by atoms with E-state index in [1.807, 2.05) is 33.0 Å². The summed E-state index contributed by atoms with van der Waals surface area (Å²) in [4.78, 5) is 28.3. The van der Waals surface area contributed by atoms with Gasteiger partial charge in [0.05, 0.1) is 11.8 Å². The third-order valence-corrected chi connectivity index (χ3v) is 6.94. The number of esters is 1. The summed E-state index contributed by atoms with van der Waals surface area (Å²) >= 11 is 6.22. The monoisotopic (exact) mass is 647 g/mol. The van der Waals surface area contributed by atoms with Crippen molar-refractivity contribution in [1.82, 2.24) is 19.8 Å². The summed E-state index contributed by atoms with van der Waals surface area (Å²) in [6.45, 7) is 11.6. The number of halogens is 5. The lowest BCUT2D eigenvalue weighted by molar-refractivity contribution is 0.0378. The van der Waals surface area contributed by atoms with Crippen molar-refractivity contribution in [3.8, 4) is 0 Å². The van der Waals surface area contributed by atoms with Gasteiger partial charge in [0.1, 0.15) is 17.2 Å². The molecule has 1 saturated heterocycles. The van der Waals surface area contributed by atoms with Gasteiger partial charge in [0.15, 0.2) is 0 Å². The normalized spacial score (nSPS) is 13.3. The van der Waals surface area contributed by atoms with Crippen LogP contribution < -0.4 is 4.90 Å². The van der Waals surface area contributed by atoms with Crippen LogP contribution in [0.5, 0.6) is 0 Å². The molecule has 226 valence electrons. The molecule has 0 unspecified atom stereocenters. The van der Waals surface area contributed by atoms with E-state index in [-0.39, 0.29) is 55.1 Å². The highest BCUT2D eigenvalue weighted by atomic mass is 35.5. The first-order chi connectivity index (χ1) is 18.3. The van der Waals surface area contributed by atoms with Gasteiger partial charge in [-0.15, -0.1) is 37.2 Å². The standard InChI is InChI=1S/C29H35ClFN5O2.3ClH/c1-4-34(20-25-26(30)8-5-9-27(25)31)19-23-11-10-22(17-33-23)18-35-13-15-36(16-14-35)28-24(7-6-12-32-28)29(37)38-21(2)3;;;/h5-12,17,21H,4,13-16,18-20H2,1-3H3;3*1H. The molecule has 1 aromatic carbocycles. The number of anilines is 1. The molecule has 0 amide bonds. The smallest absolute Gasteiger partial charge is 0.342 e. The van der Waals surface area contributed by atoms with Crippen molar-refractivity contribution in [3.63, 3.8) is 0 Å². The molecule has 4 rings (SSSR count). The van der Waals surface area contributed by atoms with Crippen molar-refractivity contribution in [3.05, 3.63) is 88.1 Å². The van der Waals surface area contributed by atoms with Gasteiger partial charge in [0.2, 0.25) is 0 Å². The maximum atomic E-state index is 14.2. The van der Waals surface area contributed by atoms with E-state index in [1.54, 1.807) is 30.5 Å². The van der Waals surface area contributed by atoms with Crippen LogP contribution >= 0.6 is 48.8 Å².